The van der Waals surface area contributed by atoms with Gasteiger partial charge >= 0.3 is 0 Å². The third kappa shape index (κ3) is 2.97. The predicted molar refractivity (Wildman–Crippen MR) is 104 cm³/mol. The van der Waals surface area contributed by atoms with Gasteiger partial charge in [-0.3, -0.25) is 14.9 Å². The van der Waals surface area contributed by atoms with E-state index in [1.807, 2.05) is 20.8 Å². The molecule has 1 aromatic carbocycles. The Morgan fingerprint density at radius 2 is 2.00 bits per heavy atom. The normalized spacial score (nSPS) is 10.9. The van der Waals surface area contributed by atoms with Crippen LogP contribution in [0.5, 0.6) is 0 Å². The zero-order chi connectivity index (χ0) is 19.2. The summed E-state index contributed by atoms with van der Waals surface area (Å²) in [6, 6.07) is 4.07. The number of hydrogen-bond donors (Lipinski definition) is 2. The van der Waals surface area contributed by atoms with Gasteiger partial charge in [-0.05, 0) is 44.0 Å². The first-order valence-corrected chi connectivity index (χ1v) is 8.81. The maximum Gasteiger partial charge on any atom is 0.289 e. The Morgan fingerprint density at radius 3 is 2.65 bits per heavy atom. The third-order valence-electron chi connectivity index (χ3n) is 4.28. The van der Waals surface area contributed by atoms with E-state index in [0.29, 0.717) is 15.4 Å². The Bertz CT molecular complexity index is 1080. The van der Waals surface area contributed by atoms with E-state index in [1.165, 1.54) is 29.5 Å². The van der Waals surface area contributed by atoms with Crippen molar-refractivity contribution < 1.29 is 9.72 Å². The molecule has 2 heterocycles. The molecule has 0 saturated carbocycles. The lowest BCUT2D eigenvalue weighted by atomic mass is 10.1. The number of aromatic nitrogens is 1. The van der Waals surface area contributed by atoms with Crippen molar-refractivity contribution in [1.29, 1.82) is 0 Å². The van der Waals surface area contributed by atoms with Gasteiger partial charge in [0.05, 0.1) is 10.6 Å². The maximum atomic E-state index is 12.6. The molecule has 3 N–H and O–H groups in total. The summed E-state index contributed by atoms with van der Waals surface area (Å²) in [5.41, 5.74) is 9.44. The van der Waals surface area contributed by atoms with Gasteiger partial charge in [0.2, 0.25) is 0 Å². The summed E-state index contributed by atoms with van der Waals surface area (Å²) in [5, 5.41) is 14.4. The lowest BCUT2D eigenvalue weighted by Gasteiger charge is -2.06. The number of nitro groups is 1. The number of halogens is 1. The molecule has 0 aliphatic rings. The van der Waals surface area contributed by atoms with Crippen LogP contribution >= 0.6 is 22.9 Å². The molecule has 134 valence electrons. The van der Waals surface area contributed by atoms with Gasteiger partial charge in [0.15, 0.2) is 0 Å². The third-order valence-corrected chi connectivity index (χ3v) is 5.70. The number of pyridine rings is 1. The lowest BCUT2D eigenvalue weighted by molar-refractivity contribution is -0.384. The topological polar surface area (TPSA) is 111 Å². The molecule has 0 unspecified atom stereocenters. The number of carbonyl (C=O) groups is 1. The Hall–Kier alpha value is -2.71. The minimum atomic E-state index is -0.607. The minimum Gasteiger partial charge on any atom is -0.397 e. The highest BCUT2D eigenvalue weighted by molar-refractivity contribution is 7.21. The van der Waals surface area contributed by atoms with Crippen LogP contribution in [0.2, 0.25) is 5.02 Å². The van der Waals surface area contributed by atoms with Gasteiger partial charge in [0.1, 0.15) is 14.7 Å². The average Bonchev–Trinajstić information content (AvgIpc) is 2.90. The number of fused-ring (bicyclic) bond motifs is 1. The Balaban J connectivity index is 2.01. The summed E-state index contributed by atoms with van der Waals surface area (Å²) in [7, 11) is 0. The molecule has 3 aromatic rings. The molecular weight excluding hydrogens is 376 g/mol. The molecule has 7 nitrogen and oxygen atoms in total. The van der Waals surface area contributed by atoms with Gasteiger partial charge in [-0.1, -0.05) is 11.6 Å². The number of nitrogens with two attached hydrogens (primary N) is 1. The van der Waals surface area contributed by atoms with Crippen LogP contribution in [0.4, 0.5) is 17.1 Å². The molecule has 0 spiro atoms. The van der Waals surface area contributed by atoms with Crippen LogP contribution in [0.15, 0.2) is 18.2 Å². The molecule has 0 fully saturated rings. The van der Waals surface area contributed by atoms with Gasteiger partial charge in [0, 0.05) is 22.8 Å². The highest BCUT2D eigenvalue weighted by Gasteiger charge is 2.21. The Morgan fingerprint density at radius 1 is 1.31 bits per heavy atom. The molecular formula is C17H15ClN4O3S. The van der Waals surface area contributed by atoms with E-state index < -0.39 is 10.8 Å². The van der Waals surface area contributed by atoms with E-state index in [9.17, 15) is 14.9 Å². The van der Waals surface area contributed by atoms with Crippen molar-refractivity contribution in [3.63, 3.8) is 0 Å². The van der Waals surface area contributed by atoms with Crippen molar-refractivity contribution in [2.75, 3.05) is 11.1 Å². The number of thiophene rings is 1. The molecule has 3 rings (SSSR count). The Kier molecular flexibility index (Phi) is 4.55. The number of benzene rings is 1. The number of nitro benzene ring substituents is 1. The van der Waals surface area contributed by atoms with Gasteiger partial charge in [-0.15, -0.1) is 11.3 Å². The highest BCUT2D eigenvalue weighted by Crippen LogP contribution is 2.37. The highest BCUT2D eigenvalue weighted by atomic mass is 35.5. The van der Waals surface area contributed by atoms with E-state index in [0.717, 1.165) is 22.2 Å². The van der Waals surface area contributed by atoms with Crippen molar-refractivity contribution >= 4 is 56.1 Å². The van der Waals surface area contributed by atoms with Crippen molar-refractivity contribution in [3.05, 3.63) is 55.0 Å². The van der Waals surface area contributed by atoms with E-state index in [1.54, 1.807) is 0 Å². The second-order valence-electron chi connectivity index (χ2n) is 5.85. The number of amides is 1. The number of carbonyl (C=O) groups excluding carboxylic acids is 1. The lowest BCUT2D eigenvalue weighted by Crippen LogP contribution is -2.12. The Labute approximate surface area is 157 Å². The minimum absolute atomic E-state index is 0.000139. The van der Waals surface area contributed by atoms with Crippen molar-refractivity contribution in [1.82, 2.24) is 4.98 Å². The molecule has 2 aromatic heterocycles. The summed E-state index contributed by atoms with van der Waals surface area (Å²) in [6.07, 6.45) is 0. The summed E-state index contributed by atoms with van der Waals surface area (Å²) in [6.45, 7) is 5.81. The second kappa shape index (κ2) is 6.54. The summed E-state index contributed by atoms with van der Waals surface area (Å²) in [5.74, 6) is -0.447. The smallest absolute Gasteiger partial charge is 0.289 e. The number of nitrogens with zero attached hydrogens (tertiary/aromatic N) is 2. The monoisotopic (exact) mass is 390 g/mol. The van der Waals surface area contributed by atoms with E-state index in [-0.39, 0.29) is 16.4 Å². The largest absolute Gasteiger partial charge is 0.397 e. The van der Waals surface area contributed by atoms with Crippen molar-refractivity contribution in [2.45, 2.75) is 20.8 Å². The molecule has 1 amide bonds. The fourth-order valence-electron chi connectivity index (χ4n) is 2.65. The second-order valence-corrected chi connectivity index (χ2v) is 7.26. The van der Waals surface area contributed by atoms with Crippen molar-refractivity contribution in [2.24, 2.45) is 0 Å². The standard InChI is InChI=1S/C17H15ClN4O3S/c1-7-8(2)13-14(19)15(26-17(13)20-9(7)3)16(23)21-10-4-5-11(18)12(6-10)22(24)25/h4-6H,19H2,1-3H3,(H,21,23). The summed E-state index contributed by atoms with van der Waals surface area (Å²) < 4.78 is 0. The fraction of sp³-hybridized carbons (Fsp3) is 0.176. The number of aryl methyl sites for hydroxylation is 2. The van der Waals surface area contributed by atoms with Crippen molar-refractivity contribution in [3.8, 4) is 0 Å². The van der Waals surface area contributed by atoms with E-state index in [4.69, 9.17) is 17.3 Å². The number of hydrogen-bond acceptors (Lipinski definition) is 6. The van der Waals surface area contributed by atoms with E-state index >= 15 is 0 Å². The zero-order valence-electron chi connectivity index (χ0n) is 14.2. The first-order chi connectivity index (χ1) is 12.2. The molecule has 0 aliphatic carbocycles. The maximum absolute atomic E-state index is 12.6. The van der Waals surface area contributed by atoms with Crippen LogP contribution in [0.1, 0.15) is 26.5 Å². The van der Waals surface area contributed by atoms with Crippen LogP contribution in [0, 0.1) is 30.9 Å². The molecule has 0 saturated heterocycles. The quantitative estimate of drug-likeness (QED) is 0.500. The molecule has 26 heavy (non-hydrogen) atoms. The number of rotatable bonds is 3. The summed E-state index contributed by atoms with van der Waals surface area (Å²) >= 11 is 6.98. The molecule has 9 heteroatoms. The number of nitrogens with one attached hydrogen (secondary N) is 1. The average molecular weight is 391 g/mol. The SMILES string of the molecule is Cc1nc2sc(C(=O)Nc3ccc(Cl)c([N+](=O)[O-])c3)c(N)c2c(C)c1C. The number of anilines is 2. The molecule has 0 bridgehead atoms. The fourth-order valence-corrected chi connectivity index (χ4v) is 3.94. The van der Waals surface area contributed by atoms with E-state index in [2.05, 4.69) is 10.3 Å². The van der Waals surface area contributed by atoms with Gasteiger partial charge in [-0.25, -0.2) is 4.98 Å². The predicted octanol–water partition coefficient (Wildman–Crippen LogP) is 4.62. The van der Waals surface area contributed by atoms with Crippen LogP contribution < -0.4 is 11.1 Å². The van der Waals surface area contributed by atoms with Crippen LogP contribution in [-0.4, -0.2) is 15.8 Å². The zero-order valence-corrected chi connectivity index (χ0v) is 15.8. The van der Waals surface area contributed by atoms with Crippen LogP contribution in [0.25, 0.3) is 10.2 Å². The summed E-state index contributed by atoms with van der Waals surface area (Å²) in [4.78, 5) is 28.5. The molecule has 0 atom stereocenters. The van der Waals surface area contributed by atoms with Crippen LogP contribution in [-0.2, 0) is 0 Å². The number of nitrogen functional groups attached to an aromatic ring is 1. The van der Waals surface area contributed by atoms with Gasteiger partial charge in [0.25, 0.3) is 11.6 Å². The van der Waals surface area contributed by atoms with Gasteiger partial charge < -0.3 is 11.1 Å². The first kappa shape index (κ1) is 18.1. The molecule has 0 radical (unpaired) electrons. The van der Waals surface area contributed by atoms with Gasteiger partial charge in [-0.2, -0.15) is 0 Å². The first-order valence-electron chi connectivity index (χ1n) is 7.61. The molecule has 0 aliphatic heterocycles. The van der Waals surface area contributed by atoms with Crippen LogP contribution in [0.3, 0.4) is 0 Å².